The quantitative estimate of drug-likeness (QED) is 0.102. The fraction of sp³-hybridized carbons (Fsp3) is 0.365. The molecule has 1 unspecified atom stereocenters. The molecule has 0 saturated carbocycles. The first-order valence-corrected chi connectivity index (χ1v) is 25.9. The van der Waals surface area contributed by atoms with E-state index >= 15 is 0 Å². The minimum Gasteiger partial charge on any atom is -0.391 e. The highest BCUT2D eigenvalue weighted by Gasteiger charge is 2.43. The Morgan fingerprint density at radius 3 is 2.37 bits per heavy atom. The lowest BCUT2D eigenvalue weighted by Gasteiger charge is -2.40. The van der Waals surface area contributed by atoms with Crippen LogP contribution in [0.25, 0.3) is 26.6 Å². The first-order valence-electron chi connectivity index (χ1n) is 23.8. The number of pyridine rings is 1. The van der Waals surface area contributed by atoms with Gasteiger partial charge in [-0.2, -0.15) is 5.10 Å². The van der Waals surface area contributed by atoms with Gasteiger partial charge in [-0.25, -0.2) is 9.97 Å². The molecule has 0 aliphatic carbocycles. The maximum Gasteiger partial charge on any atom is 0.248 e. The van der Waals surface area contributed by atoms with Crippen molar-refractivity contribution in [2.24, 2.45) is 10.9 Å². The van der Waals surface area contributed by atoms with E-state index in [4.69, 9.17) is 16.6 Å². The van der Waals surface area contributed by atoms with Crippen LogP contribution in [-0.4, -0.2) is 106 Å². The Morgan fingerprint density at radius 1 is 0.901 bits per heavy atom. The Hall–Kier alpha value is -6.60. The number of nitrogens with one attached hydrogen (secondary N) is 2. The molecule has 2 aromatic carbocycles. The number of anilines is 1. The number of hydrogen-bond donors (Lipinski definition) is 3. The van der Waals surface area contributed by atoms with E-state index in [0.717, 1.165) is 71.9 Å². The lowest BCUT2D eigenvalue weighted by molar-refractivity contribution is -0.142. The van der Waals surface area contributed by atoms with Crippen molar-refractivity contribution in [3.8, 4) is 26.6 Å². The number of aliphatic hydroxyl groups is 1. The average Bonchev–Trinajstić information content (AvgIpc) is 4.18. The van der Waals surface area contributed by atoms with Gasteiger partial charge in [0.1, 0.15) is 34.8 Å². The van der Waals surface area contributed by atoms with Gasteiger partial charge in [0.25, 0.3) is 0 Å². The van der Waals surface area contributed by atoms with E-state index in [1.165, 1.54) is 9.78 Å². The Morgan fingerprint density at radius 2 is 1.65 bits per heavy atom. The summed E-state index contributed by atoms with van der Waals surface area (Å²) in [6.07, 6.45) is 4.72. The van der Waals surface area contributed by atoms with Gasteiger partial charge >= 0.3 is 0 Å². The number of aromatic nitrogens is 7. The summed E-state index contributed by atoms with van der Waals surface area (Å²) in [5, 5.41) is 32.4. The van der Waals surface area contributed by atoms with Crippen LogP contribution >= 0.6 is 34.3 Å². The van der Waals surface area contributed by atoms with Crippen molar-refractivity contribution in [2.75, 3.05) is 24.5 Å². The van der Waals surface area contributed by atoms with E-state index < -0.39 is 24.2 Å². The largest absolute Gasteiger partial charge is 0.391 e. The molecule has 10 rings (SSSR count). The van der Waals surface area contributed by atoms with Crippen LogP contribution in [0, 0.1) is 33.6 Å². The lowest BCUT2D eigenvalue weighted by Crippen LogP contribution is -2.59. The Bertz CT molecular complexity index is 3170. The normalized spacial score (nSPS) is 18.6. The summed E-state index contributed by atoms with van der Waals surface area (Å²) < 4.78 is 3.71. The first-order chi connectivity index (χ1) is 34.1. The number of fused-ring (bicyclic) bond motifs is 3. The SMILES string of the molecule is Cc1ncsc1-c1ccc([C@H](C)NC(=O)[C@@H]2C[C@@H](O)CN2C(=O)C(C(C)C)n2cc(-c3ccnc(N4CC(NC(=O)C[C@@H]5N=C(c6ccc(Cl)cc6)c6c(sc(C)c6C)-n6c(C)nnc65)C4)c3)cn2)cc1. The van der Waals surface area contributed by atoms with E-state index in [2.05, 4.69) is 54.6 Å². The number of thiophene rings is 1. The molecule has 19 heteroatoms. The van der Waals surface area contributed by atoms with Crippen molar-refractivity contribution < 1.29 is 19.5 Å². The topological polar surface area (TPSA) is 189 Å². The molecule has 3 aliphatic heterocycles. The van der Waals surface area contributed by atoms with Crippen LogP contribution in [0.4, 0.5) is 5.82 Å². The molecule has 2 fully saturated rings. The molecule has 0 radical (unpaired) electrons. The summed E-state index contributed by atoms with van der Waals surface area (Å²) in [7, 11) is 0. The predicted octanol–water partition coefficient (Wildman–Crippen LogP) is 7.92. The number of halogens is 1. The summed E-state index contributed by atoms with van der Waals surface area (Å²) in [5.74, 6) is 1.20. The van der Waals surface area contributed by atoms with E-state index in [0.29, 0.717) is 23.9 Å². The molecule has 0 spiro atoms. The predicted molar refractivity (Wildman–Crippen MR) is 276 cm³/mol. The fourth-order valence-corrected chi connectivity index (χ4v) is 12.0. The number of β-amino-alcohol motifs (C(OH)–C–C–N with tert-alkyl or cyclic N) is 1. The molecule has 5 aromatic heterocycles. The highest BCUT2D eigenvalue weighted by atomic mass is 35.5. The Labute approximate surface area is 424 Å². The highest BCUT2D eigenvalue weighted by molar-refractivity contribution is 7.15. The van der Waals surface area contributed by atoms with Gasteiger partial charge in [0.2, 0.25) is 17.7 Å². The molecule has 3 amide bonds. The van der Waals surface area contributed by atoms with Crippen LogP contribution in [-0.2, 0) is 14.4 Å². The summed E-state index contributed by atoms with van der Waals surface area (Å²) in [5.41, 5.74) is 10.3. The number of benzene rings is 2. The summed E-state index contributed by atoms with van der Waals surface area (Å²) in [4.78, 5) is 62.3. The summed E-state index contributed by atoms with van der Waals surface area (Å²) >= 11 is 9.55. The second-order valence-corrected chi connectivity index (χ2v) is 21.6. The molecule has 3 N–H and O–H groups in total. The lowest BCUT2D eigenvalue weighted by atomic mass is 9.99. The number of aliphatic imine (C=N–C) groups is 1. The maximum absolute atomic E-state index is 14.5. The van der Waals surface area contributed by atoms with E-state index in [1.54, 1.807) is 39.7 Å². The summed E-state index contributed by atoms with van der Waals surface area (Å²) in [6.45, 7) is 15.1. The zero-order valence-electron chi connectivity index (χ0n) is 40.5. The van der Waals surface area contributed by atoms with Gasteiger partial charge in [0.05, 0.1) is 52.6 Å². The van der Waals surface area contributed by atoms with Gasteiger partial charge in [-0.3, -0.25) is 28.6 Å². The number of amides is 3. The zero-order chi connectivity index (χ0) is 49.8. The monoisotopic (exact) mass is 1010 g/mol. The Kier molecular flexibility index (Phi) is 13.2. The fourth-order valence-electron chi connectivity index (χ4n) is 9.84. The van der Waals surface area contributed by atoms with Gasteiger partial charge in [-0.05, 0) is 87.1 Å². The van der Waals surface area contributed by atoms with Crippen molar-refractivity contribution >= 4 is 63.5 Å². The molecule has 5 atom stereocenters. The van der Waals surface area contributed by atoms with Gasteiger partial charge in [-0.1, -0.05) is 61.8 Å². The van der Waals surface area contributed by atoms with E-state index in [-0.39, 0.29) is 55.1 Å². The molecule has 8 heterocycles. The van der Waals surface area contributed by atoms with E-state index in [9.17, 15) is 19.5 Å². The number of nitrogens with zero attached hydrogens (tertiary/aromatic N) is 10. The van der Waals surface area contributed by atoms with Crippen molar-refractivity contribution in [3.63, 3.8) is 0 Å². The van der Waals surface area contributed by atoms with Crippen molar-refractivity contribution in [1.82, 2.24) is 50.0 Å². The number of likely N-dealkylation sites (tertiary alicyclic amines) is 1. The highest BCUT2D eigenvalue weighted by Crippen LogP contribution is 2.40. The van der Waals surface area contributed by atoms with Gasteiger partial charge in [0.15, 0.2) is 5.82 Å². The second kappa shape index (κ2) is 19.5. The van der Waals surface area contributed by atoms with Crippen LogP contribution in [0.3, 0.4) is 0 Å². The molecule has 366 valence electrons. The van der Waals surface area contributed by atoms with E-state index in [1.807, 2.05) is 112 Å². The van der Waals surface area contributed by atoms with Crippen molar-refractivity contribution in [3.05, 3.63) is 134 Å². The number of aliphatic hydroxyl groups excluding tert-OH is 1. The number of rotatable bonds is 13. The summed E-state index contributed by atoms with van der Waals surface area (Å²) in [6, 6.07) is 17.0. The number of aryl methyl sites for hydroxylation is 3. The van der Waals surface area contributed by atoms with Crippen LogP contribution in [0.15, 0.2) is 89.8 Å². The van der Waals surface area contributed by atoms with Crippen LogP contribution < -0.4 is 15.5 Å². The molecule has 3 aliphatic rings. The second-order valence-electron chi connectivity index (χ2n) is 19.1. The number of thiazole rings is 1. The minimum atomic E-state index is -0.837. The standard InChI is InChI=1S/C52H55ClN12O4S2/c1-27(2)47(51(69)63-25-40(66)19-42(63)50(68)57-29(4)33-8-10-35(11-9-33)48-30(5)55-26-70-48)64-22-37(21-56-64)36-16-17-54-43(18-36)62-23-39(24-62)58-44(67)20-41-49-61-60-32(7)65(49)52-45(28(3)31(6)71-52)46(59-41)34-12-14-38(53)15-13-34/h8-18,21-22,26-27,29,39-42,47,66H,19-20,23-25H2,1-7H3,(H,57,68)(H,58,67)/t29-,40+,41-,42-,47?/m0/s1. The minimum absolute atomic E-state index is 0.0501. The third-order valence-corrected chi connectivity index (χ3v) is 16.2. The molecule has 7 aromatic rings. The van der Waals surface area contributed by atoms with Gasteiger partial charge in [0, 0.05) is 65.0 Å². The van der Waals surface area contributed by atoms with Crippen molar-refractivity contribution in [2.45, 2.75) is 97.6 Å². The average molecular weight is 1010 g/mol. The molecular formula is C52H55ClN12O4S2. The van der Waals surface area contributed by atoms with Crippen LogP contribution in [0.5, 0.6) is 0 Å². The molecule has 71 heavy (non-hydrogen) atoms. The van der Waals surface area contributed by atoms with Crippen molar-refractivity contribution in [1.29, 1.82) is 0 Å². The number of hydrogen-bond acceptors (Lipinski definition) is 13. The zero-order valence-corrected chi connectivity index (χ0v) is 42.9. The first kappa shape index (κ1) is 48.0. The number of carbonyl (C=O) groups is 3. The number of carbonyl (C=O) groups excluding carboxylic acids is 3. The molecule has 16 nitrogen and oxygen atoms in total. The van der Waals surface area contributed by atoms with Gasteiger partial charge in [-0.15, -0.1) is 32.9 Å². The Balaban J connectivity index is 0.784. The van der Waals surface area contributed by atoms with Crippen LogP contribution in [0.2, 0.25) is 5.02 Å². The third-order valence-electron chi connectivity index (χ3n) is 13.8. The smallest absolute Gasteiger partial charge is 0.248 e. The molecule has 0 bridgehead atoms. The molecule has 2 saturated heterocycles. The van der Waals surface area contributed by atoms with Gasteiger partial charge < -0.3 is 25.5 Å². The maximum atomic E-state index is 14.5. The third kappa shape index (κ3) is 9.41. The molecular weight excluding hydrogens is 956 g/mol. The van der Waals surface area contributed by atoms with Crippen LogP contribution in [0.1, 0.15) is 96.2 Å².